The Kier molecular flexibility index (Phi) is 4.46. The van der Waals surface area contributed by atoms with Gasteiger partial charge in [-0.3, -0.25) is 0 Å². The molecule has 0 fully saturated rings. The molecule has 0 aromatic heterocycles. The summed E-state index contributed by atoms with van der Waals surface area (Å²) in [5.74, 6) is 0.748. The molecular formula is C18H20ClNS. The molecule has 0 saturated heterocycles. The van der Waals surface area contributed by atoms with Gasteiger partial charge in [-0.05, 0) is 49.1 Å². The summed E-state index contributed by atoms with van der Waals surface area (Å²) >= 11 is 8.05. The van der Waals surface area contributed by atoms with Crippen molar-refractivity contribution in [2.75, 3.05) is 11.4 Å². The largest absolute Gasteiger partial charge is 0.340 e. The number of halogens is 1. The maximum Gasteiger partial charge on any atom is 0.0567 e. The van der Waals surface area contributed by atoms with Crippen LogP contribution in [0, 0.1) is 5.92 Å². The van der Waals surface area contributed by atoms with Gasteiger partial charge in [0.1, 0.15) is 0 Å². The van der Waals surface area contributed by atoms with E-state index in [2.05, 4.69) is 55.1 Å². The molecule has 3 rings (SSSR count). The van der Waals surface area contributed by atoms with Crippen molar-refractivity contribution in [1.29, 1.82) is 0 Å². The van der Waals surface area contributed by atoms with E-state index < -0.39 is 0 Å². The molecular weight excluding hydrogens is 298 g/mol. The van der Waals surface area contributed by atoms with Crippen LogP contribution in [0.4, 0.5) is 11.4 Å². The van der Waals surface area contributed by atoms with Crippen molar-refractivity contribution in [3.8, 4) is 0 Å². The SMILES string of the molecule is CC(C)CCCN1c2ccccc2Sc2ccc(Cl)cc21. The van der Waals surface area contributed by atoms with E-state index in [0.29, 0.717) is 0 Å². The lowest BCUT2D eigenvalue weighted by molar-refractivity contribution is 0.558. The van der Waals surface area contributed by atoms with Crippen molar-refractivity contribution in [2.24, 2.45) is 5.92 Å². The Morgan fingerprint density at radius 2 is 1.81 bits per heavy atom. The molecule has 0 amide bonds. The number of para-hydroxylation sites is 1. The average molecular weight is 318 g/mol. The highest BCUT2D eigenvalue weighted by Gasteiger charge is 2.22. The van der Waals surface area contributed by atoms with Gasteiger partial charge in [-0.15, -0.1) is 0 Å². The van der Waals surface area contributed by atoms with Gasteiger partial charge >= 0.3 is 0 Å². The first-order chi connectivity index (χ1) is 10.1. The van der Waals surface area contributed by atoms with E-state index in [0.717, 1.165) is 17.5 Å². The van der Waals surface area contributed by atoms with Gasteiger partial charge in [-0.25, -0.2) is 0 Å². The summed E-state index contributed by atoms with van der Waals surface area (Å²) < 4.78 is 0. The number of nitrogens with zero attached hydrogens (tertiary/aromatic N) is 1. The number of hydrogen-bond donors (Lipinski definition) is 0. The molecule has 0 bridgehead atoms. The van der Waals surface area contributed by atoms with Gasteiger partial charge in [0.15, 0.2) is 0 Å². The van der Waals surface area contributed by atoms with Crippen molar-refractivity contribution < 1.29 is 0 Å². The maximum atomic E-state index is 6.22. The molecule has 1 aliphatic rings. The zero-order valence-corrected chi connectivity index (χ0v) is 14.0. The van der Waals surface area contributed by atoms with Crippen LogP contribution in [-0.2, 0) is 0 Å². The first-order valence-electron chi connectivity index (χ1n) is 7.49. The number of fused-ring (bicyclic) bond motifs is 2. The van der Waals surface area contributed by atoms with Crippen molar-refractivity contribution in [3.05, 3.63) is 47.5 Å². The maximum absolute atomic E-state index is 6.22. The molecule has 0 aliphatic carbocycles. The Morgan fingerprint density at radius 1 is 1.05 bits per heavy atom. The third-order valence-electron chi connectivity index (χ3n) is 3.75. The minimum atomic E-state index is 0.748. The molecule has 2 aromatic rings. The summed E-state index contributed by atoms with van der Waals surface area (Å²) in [5, 5.41) is 0.808. The zero-order chi connectivity index (χ0) is 14.8. The lowest BCUT2D eigenvalue weighted by Crippen LogP contribution is -2.22. The highest BCUT2D eigenvalue weighted by atomic mass is 35.5. The van der Waals surface area contributed by atoms with Crippen LogP contribution in [0.1, 0.15) is 26.7 Å². The standard InChI is InChI=1S/C18H20ClNS/c1-13(2)6-5-11-20-15-7-3-4-8-17(15)21-18-10-9-14(19)12-16(18)20/h3-4,7-10,12-13H,5-6,11H2,1-2H3. The van der Waals surface area contributed by atoms with Gasteiger partial charge in [-0.2, -0.15) is 0 Å². The van der Waals surface area contributed by atoms with E-state index in [1.54, 1.807) is 0 Å². The Hall–Kier alpha value is -1.12. The monoisotopic (exact) mass is 317 g/mol. The number of anilines is 2. The predicted molar refractivity (Wildman–Crippen MR) is 93.1 cm³/mol. The number of hydrogen-bond acceptors (Lipinski definition) is 2. The van der Waals surface area contributed by atoms with E-state index in [4.69, 9.17) is 11.6 Å². The van der Waals surface area contributed by atoms with E-state index in [1.165, 1.54) is 34.0 Å². The van der Waals surface area contributed by atoms with Crippen LogP contribution in [0.15, 0.2) is 52.3 Å². The molecule has 1 heterocycles. The number of benzene rings is 2. The molecule has 21 heavy (non-hydrogen) atoms. The van der Waals surface area contributed by atoms with Crippen molar-refractivity contribution in [1.82, 2.24) is 0 Å². The fourth-order valence-electron chi connectivity index (χ4n) is 2.70. The van der Waals surface area contributed by atoms with Crippen LogP contribution in [0.2, 0.25) is 5.02 Å². The summed E-state index contributed by atoms with van der Waals surface area (Å²) in [7, 11) is 0. The van der Waals surface area contributed by atoms with Crippen molar-refractivity contribution in [3.63, 3.8) is 0 Å². The van der Waals surface area contributed by atoms with Crippen molar-refractivity contribution in [2.45, 2.75) is 36.5 Å². The van der Waals surface area contributed by atoms with E-state index in [9.17, 15) is 0 Å². The molecule has 110 valence electrons. The lowest BCUT2D eigenvalue weighted by Gasteiger charge is -2.33. The highest BCUT2D eigenvalue weighted by molar-refractivity contribution is 7.99. The second-order valence-electron chi connectivity index (χ2n) is 5.87. The summed E-state index contributed by atoms with van der Waals surface area (Å²) in [4.78, 5) is 5.05. The Bertz CT molecular complexity index is 639. The summed E-state index contributed by atoms with van der Waals surface area (Å²) in [6, 6.07) is 14.8. The third-order valence-corrected chi connectivity index (χ3v) is 5.12. The van der Waals surface area contributed by atoms with Crippen LogP contribution in [0.25, 0.3) is 0 Å². The minimum absolute atomic E-state index is 0.748. The average Bonchev–Trinajstić information content (AvgIpc) is 2.46. The van der Waals surface area contributed by atoms with Crippen LogP contribution >= 0.6 is 23.4 Å². The predicted octanol–water partition coefficient (Wildman–Crippen LogP) is 6.38. The molecule has 0 atom stereocenters. The Labute approximate surface area is 136 Å². The van der Waals surface area contributed by atoms with Gasteiger partial charge in [0.05, 0.1) is 11.4 Å². The van der Waals surface area contributed by atoms with E-state index in [-0.39, 0.29) is 0 Å². The van der Waals surface area contributed by atoms with Gasteiger partial charge in [0.2, 0.25) is 0 Å². The van der Waals surface area contributed by atoms with Gasteiger partial charge in [0, 0.05) is 21.4 Å². The fourth-order valence-corrected chi connectivity index (χ4v) is 3.94. The minimum Gasteiger partial charge on any atom is -0.340 e. The summed E-state index contributed by atoms with van der Waals surface area (Å²) in [6.45, 7) is 5.61. The number of rotatable bonds is 4. The van der Waals surface area contributed by atoms with Gasteiger partial charge in [0.25, 0.3) is 0 Å². The van der Waals surface area contributed by atoms with Crippen LogP contribution in [0.3, 0.4) is 0 Å². The van der Waals surface area contributed by atoms with Crippen molar-refractivity contribution >= 4 is 34.7 Å². The third kappa shape index (κ3) is 3.22. The lowest BCUT2D eigenvalue weighted by atomic mass is 10.1. The van der Waals surface area contributed by atoms with E-state index >= 15 is 0 Å². The molecule has 0 unspecified atom stereocenters. The van der Waals surface area contributed by atoms with Crippen LogP contribution in [-0.4, -0.2) is 6.54 Å². The second kappa shape index (κ2) is 6.33. The normalized spacial score (nSPS) is 13.2. The van der Waals surface area contributed by atoms with E-state index in [1.807, 2.05) is 17.8 Å². The molecule has 1 nitrogen and oxygen atoms in total. The van der Waals surface area contributed by atoms with Gasteiger partial charge < -0.3 is 4.90 Å². The molecule has 1 aliphatic heterocycles. The fraction of sp³-hybridized carbons (Fsp3) is 0.333. The quantitative estimate of drug-likeness (QED) is 0.643. The highest BCUT2D eigenvalue weighted by Crippen LogP contribution is 2.48. The first kappa shape index (κ1) is 14.8. The molecule has 0 saturated carbocycles. The molecule has 0 N–H and O–H groups in total. The Balaban J connectivity index is 1.94. The van der Waals surface area contributed by atoms with Crippen LogP contribution < -0.4 is 4.90 Å². The molecule has 0 spiro atoms. The Morgan fingerprint density at radius 3 is 2.62 bits per heavy atom. The summed E-state index contributed by atoms with van der Waals surface area (Å²) in [5.41, 5.74) is 2.55. The topological polar surface area (TPSA) is 3.24 Å². The smallest absolute Gasteiger partial charge is 0.0567 e. The van der Waals surface area contributed by atoms with Crippen LogP contribution in [0.5, 0.6) is 0 Å². The van der Waals surface area contributed by atoms with Gasteiger partial charge in [-0.1, -0.05) is 49.3 Å². The molecule has 3 heteroatoms. The second-order valence-corrected chi connectivity index (χ2v) is 7.39. The zero-order valence-electron chi connectivity index (χ0n) is 12.5. The molecule has 2 aromatic carbocycles. The first-order valence-corrected chi connectivity index (χ1v) is 8.68. The molecule has 0 radical (unpaired) electrons. The summed E-state index contributed by atoms with van der Waals surface area (Å²) in [6.07, 6.45) is 2.45.